The molecule has 1 aliphatic heterocycles. The Bertz CT molecular complexity index is 1480. The lowest BCUT2D eigenvalue weighted by atomic mass is 10.1. The lowest BCUT2D eigenvalue weighted by Gasteiger charge is -2.30. The van der Waals surface area contributed by atoms with Crippen molar-refractivity contribution in [3.8, 4) is 11.5 Å². The average molecular weight is 531 g/mol. The van der Waals surface area contributed by atoms with Crippen LogP contribution in [0.4, 0.5) is 17.2 Å². The predicted molar refractivity (Wildman–Crippen MR) is 148 cm³/mol. The van der Waals surface area contributed by atoms with Crippen molar-refractivity contribution < 1.29 is 14.3 Å². The number of likely N-dealkylation sites (N-methyl/N-ethyl adjacent to an activating group) is 1. The van der Waals surface area contributed by atoms with E-state index in [0.717, 1.165) is 5.69 Å². The standard InChI is InChI=1S/C28H27ClN6O3/c1-34(2)13-5-7-25(36)35-14-15-37-27-23(35)10-9-22-26(27)28(32-18-31-22)33-19-8-11-24(21(29)16-19)38-17-20-6-3-4-12-30-20/h3-12,16,18H,13-15,17H2,1-2H3,(H,31,32,33)/b7-5+. The largest absolute Gasteiger partial charge is 0.489 e. The lowest BCUT2D eigenvalue weighted by molar-refractivity contribution is -0.114. The number of aromatic nitrogens is 3. The highest BCUT2D eigenvalue weighted by molar-refractivity contribution is 6.32. The van der Waals surface area contributed by atoms with E-state index >= 15 is 0 Å². The summed E-state index contributed by atoms with van der Waals surface area (Å²) < 4.78 is 11.9. The summed E-state index contributed by atoms with van der Waals surface area (Å²) in [5.41, 5.74) is 2.90. The molecule has 9 nitrogen and oxygen atoms in total. The Morgan fingerprint density at radius 2 is 2.08 bits per heavy atom. The minimum atomic E-state index is -0.102. The molecule has 5 rings (SSSR count). The summed E-state index contributed by atoms with van der Waals surface area (Å²) >= 11 is 6.51. The van der Waals surface area contributed by atoms with Crippen LogP contribution in [-0.4, -0.2) is 59.6 Å². The molecule has 0 fully saturated rings. The number of hydrogen-bond donors (Lipinski definition) is 1. The highest BCUT2D eigenvalue weighted by Crippen LogP contribution is 2.41. The molecule has 0 unspecified atom stereocenters. The summed E-state index contributed by atoms with van der Waals surface area (Å²) in [6.07, 6.45) is 6.65. The summed E-state index contributed by atoms with van der Waals surface area (Å²) in [6.45, 7) is 1.81. The second kappa shape index (κ2) is 11.5. The first-order valence-corrected chi connectivity index (χ1v) is 12.5. The summed E-state index contributed by atoms with van der Waals surface area (Å²) in [4.78, 5) is 29.8. The molecule has 0 atom stereocenters. The van der Waals surface area contributed by atoms with Crippen LogP contribution in [0.3, 0.4) is 0 Å². The van der Waals surface area contributed by atoms with Gasteiger partial charge in [-0.15, -0.1) is 0 Å². The average Bonchev–Trinajstić information content (AvgIpc) is 2.92. The molecule has 0 saturated heterocycles. The van der Waals surface area contributed by atoms with E-state index in [9.17, 15) is 4.79 Å². The molecule has 0 saturated carbocycles. The van der Waals surface area contributed by atoms with E-state index in [4.69, 9.17) is 21.1 Å². The highest BCUT2D eigenvalue weighted by atomic mass is 35.5. The molecule has 2 aromatic heterocycles. The second-order valence-corrected chi connectivity index (χ2v) is 9.32. The quantitative estimate of drug-likeness (QED) is 0.323. The maximum atomic E-state index is 13.0. The predicted octanol–water partition coefficient (Wildman–Crippen LogP) is 4.84. The van der Waals surface area contributed by atoms with E-state index in [0.29, 0.717) is 70.9 Å². The van der Waals surface area contributed by atoms with Gasteiger partial charge in [0.25, 0.3) is 5.91 Å². The molecule has 1 N–H and O–H groups in total. The van der Waals surface area contributed by atoms with Gasteiger partial charge in [0.05, 0.1) is 33.9 Å². The van der Waals surface area contributed by atoms with Crippen molar-refractivity contribution in [2.45, 2.75) is 6.61 Å². The molecule has 0 bridgehead atoms. The number of benzene rings is 2. The monoisotopic (exact) mass is 530 g/mol. The van der Waals surface area contributed by atoms with Crippen LogP contribution < -0.4 is 19.7 Å². The zero-order valence-electron chi connectivity index (χ0n) is 21.1. The molecule has 0 aliphatic carbocycles. The van der Waals surface area contributed by atoms with Gasteiger partial charge in [-0.3, -0.25) is 9.78 Å². The fraction of sp³-hybridized carbons (Fsp3) is 0.214. The van der Waals surface area contributed by atoms with Crippen LogP contribution in [0.5, 0.6) is 11.5 Å². The molecule has 1 aliphatic rings. The highest BCUT2D eigenvalue weighted by Gasteiger charge is 2.26. The van der Waals surface area contributed by atoms with Crippen molar-refractivity contribution in [3.63, 3.8) is 0 Å². The molecule has 0 radical (unpaired) electrons. The van der Waals surface area contributed by atoms with E-state index < -0.39 is 0 Å². The third-order valence-electron chi connectivity index (χ3n) is 5.88. The first kappa shape index (κ1) is 25.4. The molecular formula is C28H27ClN6O3. The maximum Gasteiger partial charge on any atom is 0.250 e. The Morgan fingerprint density at radius 3 is 2.87 bits per heavy atom. The van der Waals surface area contributed by atoms with E-state index in [2.05, 4.69) is 20.3 Å². The molecule has 4 aromatic rings. The topological polar surface area (TPSA) is 92.7 Å². The number of halogens is 1. The number of nitrogens with one attached hydrogen (secondary N) is 1. The minimum Gasteiger partial charge on any atom is -0.489 e. The Labute approximate surface area is 225 Å². The lowest BCUT2D eigenvalue weighted by Crippen LogP contribution is -2.37. The number of ether oxygens (including phenoxy) is 2. The van der Waals surface area contributed by atoms with Crippen LogP contribution >= 0.6 is 11.6 Å². The van der Waals surface area contributed by atoms with Gasteiger partial charge in [0.15, 0.2) is 5.75 Å². The summed E-state index contributed by atoms with van der Waals surface area (Å²) in [5.74, 6) is 1.55. The smallest absolute Gasteiger partial charge is 0.250 e. The van der Waals surface area contributed by atoms with E-state index in [-0.39, 0.29) is 5.91 Å². The fourth-order valence-electron chi connectivity index (χ4n) is 4.07. The van der Waals surface area contributed by atoms with Gasteiger partial charge in [-0.2, -0.15) is 0 Å². The van der Waals surface area contributed by atoms with Gasteiger partial charge in [0, 0.05) is 24.5 Å². The number of carbonyl (C=O) groups excluding carboxylic acids is 1. The van der Waals surface area contributed by atoms with Crippen LogP contribution in [0.2, 0.25) is 5.02 Å². The number of anilines is 3. The zero-order valence-corrected chi connectivity index (χ0v) is 21.9. The van der Waals surface area contributed by atoms with Crippen LogP contribution in [0.15, 0.2) is 73.2 Å². The van der Waals surface area contributed by atoms with Crippen molar-refractivity contribution >= 4 is 45.6 Å². The molecule has 10 heteroatoms. The fourth-order valence-corrected chi connectivity index (χ4v) is 4.31. The summed E-state index contributed by atoms with van der Waals surface area (Å²) in [5, 5.41) is 4.46. The van der Waals surface area contributed by atoms with Gasteiger partial charge in [-0.1, -0.05) is 23.7 Å². The van der Waals surface area contributed by atoms with Crippen molar-refractivity contribution in [2.75, 3.05) is 44.0 Å². The first-order chi connectivity index (χ1) is 18.5. The van der Waals surface area contributed by atoms with Gasteiger partial charge in [0.1, 0.15) is 31.1 Å². The molecular weight excluding hydrogens is 504 g/mol. The zero-order chi connectivity index (χ0) is 26.5. The molecule has 38 heavy (non-hydrogen) atoms. The maximum absolute atomic E-state index is 13.0. The van der Waals surface area contributed by atoms with Crippen LogP contribution in [-0.2, 0) is 11.4 Å². The SMILES string of the molecule is CN(C)C/C=C/C(=O)N1CCOc2c1ccc1ncnc(Nc3ccc(OCc4ccccn4)c(Cl)c3)c21. The van der Waals surface area contributed by atoms with Crippen LogP contribution in [0.25, 0.3) is 10.9 Å². The molecule has 194 valence electrons. The van der Waals surface area contributed by atoms with E-state index in [1.165, 1.54) is 6.33 Å². The third kappa shape index (κ3) is 5.69. The Kier molecular flexibility index (Phi) is 7.67. The van der Waals surface area contributed by atoms with Gasteiger partial charge in [-0.05, 0) is 56.6 Å². The Balaban J connectivity index is 1.40. The second-order valence-electron chi connectivity index (χ2n) is 8.91. The van der Waals surface area contributed by atoms with Crippen molar-refractivity contribution in [3.05, 3.63) is 83.9 Å². The van der Waals surface area contributed by atoms with Crippen molar-refractivity contribution in [1.82, 2.24) is 19.9 Å². The minimum absolute atomic E-state index is 0.102. The van der Waals surface area contributed by atoms with E-state index in [1.54, 1.807) is 29.3 Å². The van der Waals surface area contributed by atoms with Crippen LogP contribution in [0.1, 0.15) is 5.69 Å². The normalized spacial score (nSPS) is 13.0. The molecule has 0 spiro atoms. The number of pyridine rings is 1. The summed E-state index contributed by atoms with van der Waals surface area (Å²) in [6, 6.07) is 14.8. The molecule has 1 amide bonds. The third-order valence-corrected chi connectivity index (χ3v) is 6.18. The molecule has 2 aromatic carbocycles. The summed E-state index contributed by atoms with van der Waals surface area (Å²) in [7, 11) is 3.91. The van der Waals surface area contributed by atoms with Gasteiger partial charge in [-0.25, -0.2) is 9.97 Å². The first-order valence-electron chi connectivity index (χ1n) is 12.1. The molecule has 3 heterocycles. The van der Waals surface area contributed by atoms with Gasteiger partial charge >= 0.3 is 0 Å². The Morgan fingerprint density at radius 1 is 1.18 bits per heavy atom. The van der Waals surface area contributed by atoms with E-state index in [1.807, 2.05) is 61.5 Å². The van der Waals surface area contributed by atoms with Crippen molar-refractivity contribution in [1.29, 1.82) is 0 Å². The number of fused-ring (bicyclic) bond motifs is 3. The number of rotatable bonds is 8. The van der Waals surface area contributed by atoms with Crippen molar-refractivity contribution in [2.24, 2.45) is 0 Å². The number of carbonyl (C=O) groups is 1. The number of nitrogens with zero attached hydrogens (tertiary/aromatic N) is 5. The number of amides is 1. The van der Waals surface area contributed by atoms with Crippen LogP contribution in [0, 0.1) is 0 Å². The van der Waals surface area contributed by atoms with Gasteiger partial charge < -0.3 is 24.6 Å². The Hall–Kier alpha value is -4.21. The van der Waals surface area contributed by atoms with Gasteiger partial charge in [0.2, 0.25) is 0 Å². The number of hydrogen-bond acceptors (Lipinski definition) is 8.